The van der Waals surface area contributed by atoms with Crippen molar-refractivity contribution >= 4 is 22.8 Å². The van der Waals surface area contributed by atoms with Crippen molar-refractivity contribution in [3.8, 4) is 5.75 Å². The molecule has 0 saturated carbocycles. The Morgan fingerprint density at radius 1 is 1.07 bits per heavy atom. The Hall–Kier alpha value is -2.76. The van der Waals surface area contributed by atoms with Crippen molar-refractivity contribution in [1.29, 1.82) is 0 Å². The van der Waals surface area contributed by atoms with Crippen molar-refractivity contribution in [3.05, 3.63) is 42.5 Å². The predicted molar refractivity (Wildman–Crippen MR) is 102 cm³/mol. The van der Waals surface area contributed by atoms with Crippen LogP contribution in [-0.2, 0) is 14.3 Å². The number of methoxy groups -OCH3 is 1. The van der Waals surface area contributed by atoms with Crippen LogP contribution in [0.25, 0.3) is 10.8 Å². The van der Waals surface area contributed by atoms with Gasteiger partial charge in [-0.05, 0) is 43.7 Å². The van der Waals surface area contributed by atoms with Crippen molar-refractivity contribution < 1.29 is 23.8 Å². The summed E-state index contributed by atoms with van der Waals surface area (Å²) in [6.45, 7) is 5.63. The lowest BCUT2D eigenvalue weighted by Crippen LogP contribution is -2.44. The third-order valence-electron chi connectivity index (χ3n) is 4.39. The third-order valence-corrected chi connectivity index (χ3v) is 4.39. The SMILES string of the molecule is COC(=O)[C@@H]1C[C@H](Oc2ccc3ccccc3c2)CN1C(=O)OC(C)(C)C. The van der Waals surface area contributed by atoms with Gasteiger partial charge < -0.3 is 14.2 Å². The van der Waals surface area contributed by atoms with E-state index in [-0.39, 0.29) is 12.6 Å². The minimum absolute atomic E-state index is 0.265. The number of amides is 1. The number of hydrogen-bond donors (Lipinski definition) is 0. The second-order valence-electron chi connectivity index (χ2n) is 7.66. The first-order valence-corrected chi connectivity index (χ1v) is 9.00. The van der Waals surface area contributed by atoms with Gasteiger partial charge >= 0.3 is 12.1 Å². The fourth-order valence-electron chi connectivity index (χ4n) is 3.20. The molecular formula is C21H25NO5. The van der Waals surface area contributed by atoms with Gasteiger partial charge in [0, 0.05) is 6.42 Å². The molecule has 1 fully saturated rings. The molecule has 0 bridgehead atoms. The van der Waals surface area contributed by atoms with Crippen LogP contribution in [0, 0.1) is 0 Å². The molecule has 6 nitrogen and oxygen atoms in total. The van der Waals surface area contributed by atoms with Gasteiger partial charge in [0.15, 0.2) is 0 Å². The first kappa shape index (κ1) is 19.0. The molecule has 1 aliphatic rings. The van der Waals surface area contributed by atoms with Crippen molar-refractivity contribution in [2.75, 3.05) is 13.7 Å². The lowest BCUT2D eigenvalue weighted by molar-refractivity contribution is -0.145. The monoisotopic (exact) mass is 371 g/mol. The van der Waals surface area contributed by atoms with Crippen LogP contribution < -0.4 is 4.74 Å². The topological polar surface area (TPSA) is 65.1 Å². The summed E-state index contributed by atoms with van der Waals surface area (Å²) in [5.74, 6) is 0.235. The zero-order valence-corrected chi connectivity index (χ0v) is 16.1. The van der Waals surface area contributed by atoms with E-state index in [2.05, 4.69) is 0 Å². The lowest BCUT2D eigenvalue weighted by atomic mass is 10.1. The summed E-state index contributed by atoms with van der Waals surface area (Å²) in [7, 11) is 1.31. The van der Waals surface area contributed by atoms with E-state index in [0.29, 0.717) is 12.2 Å². The Morgan fingerprint density at radius 3 is 2.44 bits per heavy atom. The standard InChI is InChI=1S/C21H25NO5/c1-21(2,3)27-20(24)22-13-17(12-18(22)19(23)25-4)26-16-10-9-14-7-5-6-8-15(14)11-16/h5-11,17-18H,12-13H2,1-4H3/t17-,18-/m0/s1. The summed E-state index contributed by atoms with van der Waals surface area (Å²) >= 11 is 0. The molecule has 2 aromatic rings. The molecule has 2 aromatic carbocycles. The van der Waals surface area contributed by atoms with Crippen LogP contribution in [0.2, 0.25) is 0 Å². The highest BCUT2D eigenvalue weighted by Crippen LogP contribution is 2.27. The number of rotatable bonds is 3. The van der Waals surface area contributed by atoms with E-state index in [1.54, 1.807) is 20.8 Å². The third kappa shape index (κ3) is 4.51. The van der Waals surface area contributed by atoms with Crippen LogP contribution in [0.3, 0.4) is 0 Å². The van der Waals surface area contributed by atoms with Crippen molar-refractivity contribution in [2.45, 2.75) is 44.9 Å². The van der Waals surface area contributed by atoms with Gasteiger partial charge in [-0.1, -0.05) is 30.3 Å². The largest absolute Gasteiger partial charge is 0.488 e. The van der Waals surface area contributed by atoms with Crippen LogP contribution >= 0.6 is 0 Å². The van der Waals surface area contributed by atoms with Crippen molar-refractivity contribution in [3.63, 3.8) is 0 Å². The van der Waals surface area contributed by atoms with E-state index in [9.17, 15) is 9.59 Å². The van der Waals surface area contributed by atoms with Gasteiger partial charge in [0.2, 0.25) is 0 Å². The Kier molecular flexibility index (Phi) is 5.26. The van der Waals surface area contributed by atoms with E-state index in [1.165, 1.54) is 12.0 Å². The number of ether oxygens (including phenoxy) is 3. The lowest BCUT2D eigenvalue weighted by Gasteiger charge is -2.27. The highest BCUT2D eigenvalue weighted by atomic mass is 16.6. The normalized spacial score (nSPS) is 19.8. The zero-order valence-electron chi connectivity index (χ0n) is 16.1. The number of carbonyl (C=O) groups excluding carboxylic acids is 2. The molecular weight excluding hydrogens is 346 g/mol. The van der Waals surface area contributed by atoms with Gasteiger partial charge in [0.25, 0.3) is 0 Å². The minimum Gasteiger partial charge on any atom is -0.488 e. The maximum Gasteiger partial charge on any atom is 0.411 e. The van der Waals surface area contributed by atoms with Crippen LogP contribution in [0.15, 0.2) is 42.5 Å². The van der Waals surface area contributed by atoms with Crippen LogP contribution in [-0.4, -0.2) is 48.4 Å². The molecule has 0 radical (unpaired) electrons. The van der Waals surface area contributed by atoms with Gasteiger partial charge in [-0.3, -0.25) is 4.90 Å². The number of carbonyl (C=O) groups is 2. The van der Waals surface area contributed by atoms with Crippen LogP contribution in [0.4, 0.5) is 4.79 Å². The summed E-state index contributed by atoms with van der Waals surface area (Å²) in [5.41, 5.74) is -0.644. The molecule has 144 valence electrons. The number of likely N-dealkylation sites (tertiary alicyclic amines) is 1. The number of fused-ring (bicyclic) bond motifs is 1. The molecule has 0 unspecified atom stereocenters. The second kappa shape index (κ2) is 7.47. The van der Waals surface area contributed by atoms with Crippen molar-refractivity contribution in [2.24, 2.45) is 0 Å². The Balaban J connectivity index is 1.76. The molecule has 2 atom stereocenters. The quantitative estimate of drug-likeness (QED) is 0.769. The molecule has 1 aliphatic heterocycles. The number of esters is 1. The average Bonchev–Trinajstić information content (AvgIpc) is 3.03. The van der Waals surface area contributed by atoms with Gasteiger partial charge in [0.1, 0.15) is 23.5 Å². The predicted octanol–water partition coefficient (Wildman–Crippen LogP) is 3.77. The molecule has 1 saturated heterocycles. The summed E-state index contributed by atoms with van der Waals surface area (Å²) < 4.78 is 16.3. The van der Waals surface area contributed by atoms with E-state index < -0.39 is 23.7 Å². The Labute approximate surface area is 159 Å². The van der Waals surface area contributed by atoms with Gasteiger partial charge in [-0.15, -0.1) is 0 Å². The summed E-state index contributed by atoms with van der Waals surface area (Å²) in [5, 5.41) is 2.20. The first-order valence-electron chi connectivity index (χ1n) is 9.00. The fourth-order valence-corrected chi connectivity index (χ4v) is 3.20. The summed E-state index contributed by atoms with van der Waals surface area (Å²) in [4.78, 5) is 26.0. The highest BCUT2D eigenvalue weighted by molar-refractivity contribution is 5.84. The number of benzene rings is 2. The molecule has 0 aliphatic carbocycles. The molecule has 0 aromatic heterocycles. The van der Waals surface area contributed by atoms with Crippen molar-refractivity contribution in [1.82, 2.24) is 4.90 Å². The molecule has 27 heavy (non-hydrogen) atoms. The highest BCUT2D eigenvalue weighted by Gasteiger charge is 2.43. The van der Waals surface area contributed by atoms with Gasteiger partial charge in [-0.25, -0.2) is 9.59 Å². The van der Waals surface area contributed by atoms with Crippen LogP contribution in [0.1, 0.15) is 27.2 Å². The molecule has 1 heterocycles. The summed E-state index contributed by atoms with van der Waals surface area (Å²) in [6, 6.07) is 13.1. The Bertz CT molecular complexity index is 842. The smallest absolute Gasteiger partial charge is 0.411 e. The van der Waals surface area contributed by atoms with E-state index in [4.69, 9.17) is 14.2 Å². The van der Waals surface area contributed by atoms with E-state index >= 15 is 0 Å². The van der Waals surface area contributed by atoms with E-state index in [0.717, 1.165) is 10.8 Å². The van der Waals surface area contributed by atoms with E-state index in [1.807, 2.05) is 42.5 Å². The van der Waals surface area contributed by atoms with Crippen LogP contribution in [0.5, 0.6) is 5.75 Å². The Morgan fingerprint density at radius 2 is 1.78 bits per heavy atom. The first-order chi connectivity index (χ1) is 12.8. The maximum atomic E-state index is 12.5. The zero-order chi connectivity index (χ0) is 19.6. The van der Waals surface area contributed by atoms with Gasteiger partial charge in [-0.2, -0.15) is 0 Å². The molecule has 1 amide bonds. The molecule has 0 spiro atoms. The minimum atomic E-state index is -0.713. The molecule has 3 rings (SSSR count). The maximum absolute atomic E-state index is 12.5. The van der Waals surface area contributed by atoms with Gasteiger partial charge in [0.05, 0.1) is 13.7 Å². The summed E-state index contributed by atoms with van der Waals surface area (Å²) in [6.07, 6.45) is -0.496. The number of nitrogens with zero attached hydrogens (tertiary/aromatic N) is 1. The average molecular weight is 371 g/mol. The fraction of sp³-hybridized carbons (Fsp3) is 0.429. The number of hydrogen-bond acceptors (Lipinski definition) is 5. The molecule has 6 heteroatoms. The molecule has 0 N–H and O–H groups in total. The second-order valence-corrected chi connectivity index (χ2v) is 7.66.